The van der Waals surface area contributed by atoms with E-state index in [9.17, 15) is 40.5 Å². The Labute approximate surface area is 89.2 Å². The number of hydrazine groups is 1. The average Bonchev–Trinajstić information content (AvgIpc) is 2.56. The minimum absolute atomic E-state index is 0.670. The highest BCUT2D eigenvalue weighted by Gasteiger charge is 2.64. The van der Waals surface area contributed by atoms with Gasteiger partial charge in [0.1, 0.15) is 10.1 Å². The molecule has 0 amide bonds. The maximum Gasteiger partial charge on any atom is 0.541 e. The molecule has 14 heteroatoms. The fraction of sp³-hybridized carbons (Fsp3) is 0.333. The standard InChI is InChI=1S/C3HN5O9/c9-5(10)1-2(6(11)12)4(8(15)16)17-3(1)7(13)14/h2H. The zero-order valence-corrected chi connectivity index (χ0v) is 7.49. The van der Waals surface area contributed by atoms with Gasteiger partial charge in [0.15, 0.2) is 0 Å². The molecule has 1 aliphatic rings. The van der Waals surface area contributed by atoms with Crippen molar-refractivity contribution in [2.45, 2.75) is 6.17 Å². The Morgan fingerprint density at radius 2 is 1.53 bits per heavy atom. The van der Waals surface area contributed by atoms with Crippen LogP contribution in [0, 0.1) is 40.5 Å². The number of hydrogen-bond acceptors (Lipinski definition) is 9. The van der Waals surface area contributed by atoms with Gasteiger partial charge in [-0.25, -0.2) is 15.0 Å². The number of nitrogens with zero attached hydrogens (tertiary/aromatic N) is 5. The van der Waals surface area contributed by atoms with Gasteiger partial charge in [0, 0.05) is 0 Å². The normalized spacial score (nSPS) is 18.8. The van der Waals surface area contributed by atoms with Crippen molar-refractivity contribution in [3.05, 3.63) is 52.0 Å². The molecule has 0 bridgehead atoms. The van der Waals surface area contributed by atoms with Crippen LogP contribution in [0.3, 0.4) is 0 Å². The first kappa shape index (κ1) is 12.0. The van der Waals surface area contributed by atoms with Gasteiger partial charge in [-0.05, 0) is 0 Å². The third kappa shape index (κ3) is 1.85. The number of hydroxylamine groups is 1. The second-order valence-corrected chi connectivity index (χ2v) is 2.50. The van der Waals surface area contributed by atoms with Crippen LogP contribution in [0.2, 0.25) is 0 Å². The molecule has 0 spiro atoms. The summed E-state index contributed by atoms with van der Waals surface area (Å²) in [6, 6.07) is 0. The molecular weight excluding hydrogens is 250 g/mol. The van der Waals surface area contributed by atoms with Crippen molar-refractivity contribution < 1.29 is 24.6 Å². The number of nitro groups is 4. The predicted octanol–water partition coefficient (Wildman–Crippen LogP) is -1.25. The van der Waals surface area contributed by atoms with Crippen LogP contribution >= 0.6 is 0 Å². The zero-order chi connectivity index (χ0) is 13.3. The van der Waals surface area contributed by atoms with Gasteiger partial charge < -0.3 is 0 Å². The van der Waals surface area contributed by atoms with Gasteiger partial charge in [-0.15, -0.1) is 0 Å². The number of rotatable bonds is 4. The molecule has 0 fully saturated rings. The van der Waals surface area contributed by atoms with E-state index in [4.69, 9.17) is 0 Å². The highest BCUT2D eigenvalue weighted by Crippen LogP contribution is 2.27. The molecule has 0 aromatic rings. The lowest BCUT2D eigenvalue weighted by Gasteiger charge is -2.04. The SMILES string of the molecule is O=[N+]([O-])C1=C([N+](=O)[O-])C([N+](=O)[O-])N([N+](=O)[O-])O1. The van der Waals surface area contributed by atoms with Crippen molar-refractivity contribution in [1.29, 1.82) is 0 Å². The van der Waals surface area contributed by atoms with E-state index in [0.717, 1.165) is 0 Å². The second kappa shape index (κ2) is 3.83. The summed E-state index contributed by atoms with van der Waals surface area (Å²) in [4.78, 5) is 40.9. The summed E-state index contributed by atoms with van der Waals surface area (Å²) >= 11 is 0. The summed E-state index contributed by atoms with van der Waals surface area (Å²) in [6.07, 6.45) is -2.68. The maximum atomic E-state index is 10.4. The molecule has 1 atom stereocenters. The van der Waals surface area contributed by atoms with Crippen molar-refractivity contribution in [3.8, 4) is 0 Å². The summed E-state index contributed by atoms with van der Waals surface area (Å²) in [6.45, 7) is 0. The maximum absolute atomic E-state index is 10.4. The molecule has 0 aromatic carbocycles. The Balaban J connectivity index is 3.34. The van der Waals surface area contributed by atoms with Crippen molar-refractivity contribution in [1.82, 2.24) is 5.17 Å². The fourth-order valence-corrected chi connectivity index (χ4v) is 1.00. The zero-order valence-electron chi connectivity index (χ0n) is 7.49. The highest BCUT2D eigenvalue weighted by molar-refractivity contribution is 5.01. The second-order valence-electron chi connectivity index (χ2n) is 2.50. The Morgan fingerprint density at radius 1 is 1.00 bits per heavy atom. The molecule has 1 rings (SSSR count). The molecule has 0 saturated heterocycles. The fourth-order valence-electron chi connectivity index (χ4n) is 1.00. The molecule has 0 N–H and O–H groups in total. The van der Waals surface area contributed by atoms with Crippen LogP contribution in [0.4, 0.5) is 0 Å². The molecule has 0 saturated carbocycles. The molecule has 0 aliphatic carbocycles. The van der Waals surface area contributed by atoms with E-state index in [1.165, 1.54) is 0 Å². The quantitative estimate of drug-likeness (QED) is 0.431. The molecule has 1 aliphatic heterocycles. The van der Waals surface area contributed by atoms with Crippen molar-refractivity contribution >= 4 is 0 Å². The Hall–Kier alpha value is -3.06. The van der Waals surface area contributed by atoms with Crippen LogP contribution in [0.1, 0.15) is 0 Å². The predicted molar refractivity (Wildman–Crippen MR) is 41.7 cm³/mol. The van der Waals surface area contributed by atoms with Gasteiger partial charge >= 0.3 is 17.7 Å². The van der Waals surface area contributed by atoms with E-state index >= 15 is 0 Å². The first-order chi connectivity index (χ1) is 7.77. The van der Waals surface area contributed by atoms with Gasteiger partial charge in [-0.3, -0.25) is 30.3 Å². The smallest absolute Gasteiger partial charge is 0.261 e. The Morgan fingerprint density at radius 3 is 1.82 bits per heavy atom. The molecule has 1 heterocycles. The summed E-state index contributed by atoms with van der Waals surface area (Å²) < 4.78 is 0. The van der Waals surface area contributed by atoms with Crippen LogP contribution in [0.5, 0.6) is 0 Å². The van der Waals surface area contributed by atoms with Gasteiger partial charge in [0.05, 0.1) is 9.85 Å². The van der Waals surface area contributed by atoms with Crippen LogP contribution < -0.4 is 0 Å². The van der Waals surface area contributed by atoms with Crippen molar-refractivity contribution in [2.75, 3.05) is 0 Å². The first-order valence-electron chi connectivity index (χ1n) is 3.55. The van der Waals surface area contributed by atoms with Gasteiger partial charge in [-0.2, -0.15) is 0 Å². The summed E-state index contributed by atoms with van der Waals surface area (Å²) in [5, 5.41) is 39.2. The van der Waals surface area contributed by atoms with E-state index in [2.05, 4.69) is 4.84 Å². The molecule has 0 aromatic heterocycles. The third-order valence-corrected chi connectivity index (χ3v) is 1.58. The van der Waals surface area contributed by atoms with Gasteiger partial charge in [-0.1, -0.05) is 0 Å². The van der Waals surface area contributed by atoms with Crippen molar-refractivity contribution in [2.24, 2.45) is 0 Å². The monoisotopic (exact) mass is 251 g/mol. The lowest BCUT2D eigenvalue weighted by atomic mass is 10.4. The molecule has 92 valence electrons. The van der Waals surface area contributed by atoms with Crippen LogP contribution in [0.15, 0.2) is 11.6 Å². The molecule has 0 radical (unpaired) electrons. The largest absolute Gasteiger partial charge is 0.541 e. The van der Waals surface area contributed by atoms with Crippen molar-refractivity contribution in [3.63, 3.8) is 0 Å². The first-order valence-corrected chi connectivity index (χ1v) is 3.55. The van der Waals surface area contributed by atoms with E-state index in [0.29, 0.717) is 0 Å². The van der Waals surface area contributed by atoms with Gasteiger partial charge in [0.2, 0.25) is 5.03 Å². The third-order valence-electron chi connectivity index (χ3n) is 1.58. The molecular formula is C3HN5O9. The Kier molecular flexibility index (Phi) is 2.71. The summed E-state index contributed by atoms with van der Waals surface area (Å²) in [7, 11) is 0. The van der Waals surface area contributed by atoms with Crippen LogP contribution in [-0.4, -0.2) is 31.1 Å². The lowest BCUT2D eigenvalue weighted by Crippen LogP contribution is -2.42. The summed E-state index contributed by atoms with van der Waals surface area (Å²) in [5.41, 5.74) is -1.61. The van der Waals surface area contributed by atoms with Gasteiger partial charge in [0.25, 0.3) is 0 Å². The van der Waals surface area contributed by atoms with E-state index in [1.54, 1.807) is 0 Å². The summed E-state index contributed by atoms with van der Waals surface area (Å²) in [5.74, 6) is -1.66. The number of hydrogen-bond donors (Lipinski definition) is 0. The molecule has 1 unspecified atom stereocenters. The lowest BCUT2D eigenvalue weighted by molar-refractivity contribution is -0.791. The average molecular weight is 251 g/mol. The molecule has 17 heavy (non-hydrogen) atoms. The minimum Gasteiger partial charge on any atom is -0.261 e. The topological polar surface area (TPSA) is 185 Å². The van der Waals surface area contributed by atoms with Crippen LogP contribution in [-0.2, 0) is 4.84 Å². The Bertz CT molecular complexity index is 454. The minimum atomic E-state index is -2.68. The van der Waals surface area contributed by atoms with E-state index < -0.39 is 42.7 Å². The van der Waals surface area contributed by atoms with Crippen LogP contribution in [0.25, 0.3) is 0 Å². The molecule has 14 nitrogen and oxygen atoms in total. The highest BCUT2D eigenvalue weighted by atomic mass is 16.9. The van der Waals surface area contributed by atoms with E-state index in [-0.39, 0.29) is 0 Å². The van der Waals surface area contributed by atoms with E-state index in [1.807, 2.05) is 0 Å².